The van der Waals surface area contributed by atoms with Gasteiger partial charge in [-0.3, -0.25) is 4.90 Å². The van der Waals surface area contributed by atoms with E-state index in [-0.39, 0.29) is 5.75 Å². The van der Waals surface area contributed by atoms with Gasteiger partial charge in [0.05, 0.1) is 6.54 Å². The van der Waals surface area contributed by atoms with Crippen LogP contribution in [0.15, 0.2) is 40.0 Å². The van der Waals surface area contributed by atoms with Crippen LogP contribution in [0.4, 0.5) is 4.39 Å². The molecule has 0 amide bonds. The molecular weight excluding hydrogens is 363 g/mol. The number of aromatic hydroxyl groups is 1. The summed E-state index contributed by atoms with van der Waals surface area (Å²) in [4.78, 5) is 7.05. The fourth-order valence-corrected chi connectivity index (χ4v) is 3.87. The Kier molecular flexibility index (Phi) is 7.06. The lowest BCUT2D eigenvalue weighted by molar-refractivity contribution is 0.198. The number of phenols is 1. The van der Waals surface area contributed by atoms with Crippen molar-refractivity contribution in [3.05, 3.63) is 52.0 Å². The molecule has 1 fully saturated rings. The summed E-state index contributed by atoms with van der Waals surface area (Å²) in [6.45, 7) is 6.32. The first-order valence-electron chi connectivity index (χ1n) is 9.39. The number of guanidine groups is 1. The third-order valence-corrected chi connectivity index (χ3v) is 5.42. The number of nitrogens with zero attached hydrogens (tertiary/aromatic N) is 2. The van der Waals surface area contributed by atoms with Gasteiger partial charge in [0.2, 0.25) is 0 Å². The van der Waals surface area contributed by atoms with Crippen molar-refractivity contribution in [2.45, 2.75) is 38.9 Å². The van der Waals surface area contributed by atoms with Crippen LogP contribution in [-0.2, 0) is 13.1 Å². The van der Waals surface area contributed by atoms with E-state index in [1.807, 2.05) is 6.92 Å². The molecule has 0 unspecified atom stereocenters. The van der Waals surface area contributed by atoms with Crippen molar-refractivity contribution in [3.8, 4) is 5.75 Å². The van der Waals surface area contributed by atoms with Gasteiger partial charge in [-0.2, -0.15) is 11.3 Å². The SMILES string of the molecule is CCNC(=NCc1ccc(O)c(F)c1)NC1CCN(Cc2ccsc2)CC1. The lowest BCUT2D eigenvalue weighted by Crippen LogP contribution is -2.48. The van der Waals surface area contributed by atoms with Crippen molar-refractivity contribution in [3.63, 3.8) is 0 Å². The van der Waals surface area contributed by atoms with Gasteiger partial charge in [-0.15, -0.1) is 0 Å². The molecule has 1 aliphatic rings. The lowest BCUT2D eigenvalue weighted by Gasteiger charge is -2.33. The number of hydrogen-bond donors (Lipinski definition) is 3. The van der Waals surface area contributed by atoms with Crippen molar-refractivity contribution in [1.29, 1.82) is 0 Å². The van der Waals surface area contributed by atoms with Crippen molar-refractivity contribution in [2.24, 2.45) is 4.99 Å². The van der Waals surface area contributed by atoms with E-state index in [0.717, 1.165) is 50.5 Å². The van der Waals surface area contributed by atoms with Gasteiger partial charge in [-0.05, 0) is 59.9 Å². The smallest absolute Gasteiger partial charge is 0.191 e. The molecule has 1 aromatic carbocycles. The van der Waals surface area contributed by atoms with Crippen LogP contribution in [0.5, 0.6) is 5.75 Å². The molecule has 5 nitrogen and oxygen atoms in total. The standard InChI is InChI=1S/C20H27FN4OS/c1-2-22-20(23-12-15-3-4-19(26)18(21)11-15)24-17-5-8-25(9-6-17)13-16-7-10-27-14-16/h3-4,7,10-11,14,17,26H,2,5-6,8-9,12-13H2,1H3,(H2,22,23,24). The number of nitrogens with one attached hydrogen (secondary N) is 2. The van der Waals surface area contributed by atoms with E-state index in [1.165, 1.54) is 17.7 Å². The highest BCUT2D eigenvalue weighted by molar-refractivity contribution is 7.07. The molecule has 0 bridgehead atoms. The predicted molar refractivity (Wildman–Crippen MR) is 109 cm³/mol. The maximum atomic E-state index is 13.5. The molecule has 2 aromatic rings. The van der Waals surface area contributed by atoms with Gasteiger partial charge in [0.25, 0.3) is 0 Å². The van der Waals surface area contributed by atoms with E-state index in [0.29, 0.717) is 12.6 Å². The summed E-state index contributed by atoms with van der Waals surface area (Å²) in [5.41, 5.74) is 2.12. The monoisotopic (exact) mass is 390 g/mol. The Morgan fingerprint density at radius 2 is 2.11 bits per heavy atom. The van der Waals surface area contributed by atoms with Crippen molar-refractivity contribution in [2.75, 3.05) is 19.6 Å². The number of piperidine rings is 1. The van der Waals surface area contributed by atoms with Crippen LogP contribution < -0.4 is 10.6 Å². The molecule has 1 saturated heterocycles. The molecule has 3 N–H and O–H groups in total. The van der Waals surface area contributed by atoms with Gasteiger partial charge in [0.15, 0.2) is 17.5 Å². The van der Waals surface area contributed by atoms with E-state index in [4.69, 9.17) is 0 Å². The zero-order valence-corrected chi connectivity index (χ0v) is 16.4. The predicted octanol–water partition coefficient (Wildman–Crippen LogP) is 3.31. The van der Waals surface area contributed by atoms with Crippen molar-refractivity contribution in [1.82, 2.24) is 15.5 Å². The Morgan fingerprint density at radius 3 is 2.78 bits per heavy atom. The molecule has 0 radical (unpaired) electrons. The number of benzene rings is 1. The van der Waals surface area contributed by atoms with E-state index in [2.05, 4.69) is 37.4 Å². The molecule has 0 spiro atoms. The van der Waals surface area contributed by atoms with Gasteiger partial charge < -0.3 is 15.7 Å². The van der Waals surface area contributed by atoms with Crippen LogP contribution in [0.2, 0.25) is 0 Å². The van der Waals surface area contributed by atoms with E-state index < -0.39 is 5.82 Å². The van der Waals surface area contributed by atoms with Crippen LogP contribution in [-0.4, -0.2) is 41.6 Å². The number of thiophene rings is 1. The Hall–Kier alpha value is -2.12. The lowest BCUT2D eigenvalue weighted by atomic mass is 10.0. The van der Waals surface area contributed by atoms with Crippen molar-refractivity contribution < 1.29 is 9.50 Å². The Balaban J connectivity index is 1.51. The molecule has 2 heterocycles. The summed E-state index contributed by atoms with van der Waals surface area (Å²) in [5, 5.41) is 20.4. The summed E-state index contributed by atoms with van der Waals surface area (Å²) in [7, 11) is 0. The molecule has 0 aliphatic carbocycles. The zero-order valence-electron chi connectivity index (χ0n) is 15.6. The second kappa shape index (κ2) is 9.71. The second-order valence-corrected chi connectivity index (χ2v) is 7.59. The summed E-state index contributed by atoms with van der Waals surface area (Å²) < 4.78 is 13.5. The summed E-state index contributed by atoms with van der Waals surface area (Å²) in [6, 6.07) is 6.96. The number of aliphatic imine (C=N–C) groups is 1. The first kappa shape index (κ1) is 19.6. The number of hydrogen-bond acceptors (Lipinski definition) is 4. The van der Waals surface area contributed by atoms with Gasteiger partial charge in [0, 0.05) is 32.2 Å². The fraction of sp³-hybridized carbons (Fsp3) is 0.450. The number of rotatable bonds is 6. The van der Waals surface area contributed by atoms with E-state index in [1.54, 1.807) is 17.4 Å². The molecule has 27 heavy (non-hydrogen) atoms. The van der Waals surface area contributed by atoms with E-state index in [9.17, 15) is 9.50 Å². The van der Waals surface area contributed by atoms with Crippen LogP contribution >= 0.6 is 11.3 Å². The molecule has 0 atom stereocenters. The maximum absolute atomic E-state index is 13.5. The molecule has 7 heteroatoms. The third-order valence-electron chi connectivity index (χ3n) is 4.69. The minimum absolute atomic E-state index is 0.332. The van der Waals surface area contributed by atoms with Gasteiger partial charge in [0.1, 0.15) is 0 Å². The summed E-state index contributed by atoms with van der Waals surface area (Å²) in [5.74, 6) is -0.192. The first-order chi connectivity index (χ1) is 13.1. The van der Waals surface area contributed by atoms with Gasteiger partial charge in [-0.25, -0.2) is 9.38 Å². The fourth-order valence-electron chi connectivity index (χ4n) is 3.21. The molecule has 0 saturated carbocycles. The summed E-state index contributed by atoms with van der Waals surface area (Å²) in [6.07, 6.45) is 2.14. The maximum Gasteiger partial charge on any atom is 0.191 e. The highest BCUT2D eigenvalue weighted by Gasteiger charge is 2.20. The Bertz CT molecular complexity index is 742. The average Bonchev–Trinajstić information content (AvgIpc) is 3.17. The van der Waals surface area contributed by atoms with Crippen LogP contribution in [0, 0.1) is 5.82 Å². The van der Waals surface area contributed by atoms with E-state index >= 15 is 0 Å². The third kappa shape index (κ3) is 5.94. The molecule has 146 valence electrons. The topological polar surface area (TPSA) is 59.9 Å². The number of halogens is 1. The number of likely N-dealkylation sites (tertiary alicyclic amines) is 1. The quantitative estimate of drug-likeness (QED) is 0.523. The van der Waals surface area contributed by atoms with Gasteiger partial charge in [-0.1, -0.05) is 6.07 Å². The van der Waals surface area contributed by atoms with Crippen LogP contribution in [0.3, 0.4) is 0 Å². The highest BCUT2D eigenvalue weighted by atomic mass is 32.1. The Morgan fingerprint density at radius 1 is 1.30 bits per heavy atom. The molecular formula is C20H27FN4OS. The second-order valence-electron chi connectivity index (χ2n) is 6.81. The largest absolute Gasteiger partial charge is 0.505 e. The Labute approximate surface area is 163 Å². The van der Waals surface area contributed by atoms with Crippen molar-refractivity contribution >= 4 is 17.3 Å². The van der Waals surface area contributed by atoms with Gasteiger partial charge >= 0.3 is 0 Å². The average molecular weight is 391 g/mol. The molecule has 1 aromatic heterocycles. The minimum atomic E-state index is -0.612. The molecule has 1 aliphatic heterocycles. The summed E-state index contributed by atoms with van der Waals surface area (Å²) >= 11 is 1.75. The van der Waals surface area contributed by atoms with Crippen LogP contribution in [0.25, 0.3) is 0 Å². The highest BCUT2D eigenvalue weighted by Crippen LogP contribution is 2.17. The molecule has 3 rings (SSSR count). The zero-order chi connectivity index (χ0) is 19.1. The normalized spacial score (nSPS) is 16.4. The number of phenolic OH excluding ortho intramolecular Hbond substituents is 1. The first-order valence-corrected chi connectivity index (χ1v) is 10.3. The van der Waals surface area contributed by atoms with Crippen LogP contribution in [0.1, 0.15) is 30.9 Å². The minimum Gasteiger partial charge on any atom is -0.505 e.